The molecule has 0 unspecified atom stereocenters. The molecule has 0 saturated heterocycles. The van der Waals surface area contributed by atoms with Gasteiger partial charge in [0, 0.05) is 19.5 Å². The number of hydrogen-bond donors (Lipinski definition) is 2. The zero-order valence-corrected chi connectivity index (χ0v) is 19.9. The van der Waals surface area contributed by atoms with Gasteiger partial charge in [-0.3, -0.25) is 28.7 Å². The first-order valence-corrected chi connectivity index (χ1v) is 11.7. The van der Waals surface area contributed by atoms with Crippen LogP contribution in [0.15, 0.2) is 27.1 Å². The van der Waals surface area contributed by atoms with Crippen molar-refractivity contribution in [2.45, 2.75) is 53.0 Å². The van der Waals surface area contributed by atoms with Crippen molar-refractivity contribution in [2.75, 3.05) is 23.8 Å². The number of Topliss-reactive ketones (excluding diaryl/α,β-unsaturated/α-hetero) is 1. The maximum Gasteiger partial charge on any atom is 0.330 e. The number of nitrogens with one attached hydrogen (secondary N) is 1. The van der Waals surface area contributed by atoms with Crippen molar-refractivity contribution < 1.29 is 19.1 Å². The molecular weight excluding hydrogens is 448 g/mol. The second-order valence-electron chi connectivity index (χ2n) is 7.96. The number of ether oxygens (including phenoxy) is 1. The number of nitrogen functional groups attached to an aromatic ring is 1. The predicted octanol–water partition coefficient (Wildman–Crippen LogP) is 2.18. The van der Waals surface area contributed by atoms with Crippen LogP contribution in [0.5, 0.6) is 0 Å². The highest BCUT2D eigenvalue weighted by atomic mass is 32.1. The number of nitrogens with two attached hydrogens (primary N) is 1. The molecule has 1 amide bonds. The highest BCUT2D eigenvalue weighted by Crippen LogP contribution is 2.19. The summed E-state index contributed by atoms with van der Waals surface area (Å²) >= 11 is 1.29. The van der Waals surface area contributed by atoms with E-state index in [9.17, 15) is 24.0 Å². The smallest absolute Gasteiger partial charge is 0.330 e. The molecule has 0 aliphatic carbocycles. The van der Waals surface area contributed by atoms with E-state index in [0.29, 0.717) is 17.8 Å². The Morgan fingerprint density at radius 3 is 2.58 bits per heavy atom. The molecule has 0 spiro atoms. The molecule has 0 radical (unpaired) electrons. The van der Waals surface area contributed by atoms with Crippen molar-refractivity contribution in [1.29, 1.82) is 0 Å². The SMILES string of the molecule is CCCCn1c(N)c(N(CC(C)C)C(=O)COC(=O)CCC(=O)c2cccs2)c(=O)[nH]c1=O. The Labute approximate surface area is 195 Å². The Bertz CT molecular complexity index is 1090. The Morgan fingerprint density at radius 1 is 1.24 bits per heavy atom. The molecule has 0 aliphatic rings. The first-order valence-electron chi connectivity index (χ1n) is 10.8. The monoisotopic (exact) mass is 478 g/mol. The minimum Gasteiger partial charge on any atom is -0.456 e. The fourth-order valence-electron chi connectivity index (χ4n) is 3.13. The molecule has 33 heavy (non-hydrogen) atoms. The summed E-state index contributed by atoms with van der Waals surface area (Å²) in [6.07, 6.45) is 1.27. The quantitative estimate of drug-likeness (QED) is 0.351. The van der Waals surface area contributed by atoms with Crippen LogP contribution in [-0.4, -0.2) is 40.4 Å². The number of unbranched alkanes of at least 4 members (excludes halogenated alkanes) is 1. The number of anilines is 2. The molecule has 0 fully saturated rings. The lowest BCUT2D eigenvalue weighted by atomic mass is 10.2. The normalized spacial score (nSPS) is 10.9. The molecule has 0 aliphatic heterocycles. The van der Waals surface area contributed by atoms with Crippen LogP contribution in [-0.2, 0) is 20.9 Å². The van der Waals surface area contributed by atoms with E-state index < -0.39 is 29.7 Å². The topological polar surface area (TPSA) is 145 Å². The van der Waals surface area contributed by atoms with E-state index in [4.69, 9.17) is 10.5 Å². The van der Waals surface area contributed by atoms with E-state index in [1.54, 1.807) is 17.5 Å². The average molecular weight is 479 g/mol. The van der Waals surface area contributed by atoms with E-state index in [2.05, 4.69) is 4.98 Å². The Hall–Kier alpha value is -3.21. The summed E-state index contributed by atoms with van der Waals surface area (Å²) in [5.41, 5.74) is 4.55. The summed E-state index contributed by atoms with van der Waals surface area (Å²) in [5.74, 6) is -1.68. The van der Waals surface area contributed by atoms with Crippen LogP contribution in [0.2, 0.25) is 0 Å². The van der Waals surface area contributed by atoms with Crippen LogP contribution in [0.3, 0.4) is 0 Å². The fraction of sp³-hybridized carbons (Fsp3) is 0.500. The van der Waals surface area contributed by atoms with Crippen LogP contribution in [0.1, 0.15) is 56.1 Å². The number of carbonyl (C=O) groups excluding carboxylic acids is 3. The summed E-state index contributed by atoms with van der Waals surface area (Å²) in [6, 6.07) is 3.42. The number of nitrogens with zero attached hydrogens (tertiary/aromatic N) is 2. The molecule has 0 bridgehead atoms. The lowest BCUT2D eigenvalue weighted by Crippen LogP contribution is -2.44. The van der Waals surface area contributed by atoms with E-state index in [0.717, 1.165) is 11.3 Å². The Kier molecular flexibility index (Phi) is 9.58. The van der Waals surface area contributed by atoms with E-state index in [1.165, 1.54) is 15.9 Å². The van der Waals surface area contributed by atoms with Crippen LogP contribution < -0.4 is 21.9 Å². The largest absolute Gasteiger partial charge is 0.456 e. The van der Waals surface area contributed by atoms with Gasteiger partial charge in [0.25, 0.3) is 11.5 Å². The van der Waals surface area contributed by atoms with Gasteiger partial charge in [-0.15, -0.1) is 11.3 Å². The predicted molar refractivity (Wildman–Crippen MR) is 127 cm³/mol. The van der Waals surface area contributed by atoms with Crippen molar-refractivity contribution in [3.8, 4) is 0 Å². The summed E-state index contributed by atoms with van der Waals surface area (Å²) in [4.78, 5) is 65.7. The Morgan fingerprint density at radius 2 is 1.97 bits per heavy atom. The third-order valence-corrected chi connectivity index (χ3v) is 5.69. The molecule has 3 N–H and O–H groups in total. The number of esters is 1. The molecule has 2 rings (SSSR count). The number of ketones is 1. The minimum atomic E-state index is -0.785. The molecule has 0 saturated carbocycles. The molecule has 0 aromatic carbocycles. The number of aromatic amines is 1. The number of rotatable bonds is 12. The molecule has 2 heterocycles. The highest BCUT2D eigenvalue weighted by molar-refractivity contribution is 7.12. The minimum absolute atomic E-state index is 0.0295. The van der Waals surface area contributed by atoms with Crippen LogP contribution >= 0.6 is 11.3 Å². The van der Waals surface area contributed by atoms with E-state index >= 15 is 0 Å². The fourth-order valence-corrected chi connectivity index (χ4v) is 3.82. The third-order valence-electron chi connectivity index (χ3n) is 4.78. The molecule has 10 nitrogen and oxygen atoms in total. The van der Waals surface area contributed by atoms with Gasteiger partial charge in [-0.25, -0.2) is 4.79 Å². The van der Waals surface area contributed by atoms with Gasteiger partial charge in [-0.1, -0.05) is 33.3 Å². The number of thiophene rings is 1. The molecule has 0 atom stereocenters. The lowest BCUT2D eigenvalue weighted by Gasteiger charge is -2.26. The third kappa shape index (κ3) is 7.14. The van der Waals surface area contributed by atoms with Gasteiger partial charge in [0.15, 0.2) is 18.1 Å². The van der Waals surface area contributed by atoms with Crippen molar-refractivity contribution in [1.82, 2.24) is 9.55 Å². The molecular formula is C22H30N4O6S. The zero-order chi connectivity index (χ0) is 24.5. The van der Waals surface area contributed by atoms with Gasteiger partial charge in [-0.2, -0.15) is 0 Å². The first kappa shape index (κ1) is 26.0. The van der Waals surface area contributed by atoms with Gasteiger partial charge in [0.05, 0.1) is 11.3 Å². The molecule has 180 valence electrons. The standard InChI is InChI=1S/C22H30N4O6S/c1-4-5-10-25-20(23)19(21(30)24-22(25)31)26(12-14(2)3)17(28)13-32-18(29)9-8-15(27)16-7-6-11-33-16/h6-7,11,14H,4-5,8-10,12-13,23H2,1-3H3,(H,24,30,31). The number of hydrogen-bond acceptors (Lipinski definition) is 8. The number of amides is 1. The van der Waals surface area contributed by atoms with Crippen LogP contribution in [0.4, 0.5) is 11.5 Å². The summed E-state index contributed by atoms with van der Waals surface area (Å²) in [7, 11) is 0. The van der Waals surface area contributed by atoms with Gasteiger partial charge in [0.2, 0.25) is 0 Å². The maximum absolute atomic E-state index is 12.9. The number of carbonyl (C=O) groups is 3. The molecule has 2 aromatic heterocycles. The summed E-state index contributed by atoms with van der Waals surface area (Å²) < 4.78 is 6.28. The second kappa shape index (κ2) is 12.1. The molecule has 11 heteroatoms. The maximum atomic E-state index is 12.9. The van der Waals surface area contributed by atoms with E-state index in [-0.39, 0.29) is 42.6 Å². The average Bonchev–Trinajstić information content (AvgIpc) is 3.29. The molecule has 2 aromatic rings. The first-order chi connectivity index (χ1) is 15.6. The van der Waals surface area contributed by atoms with Crippen LogP contribution in [0, 0.1) is 5.92 Å². The summed E-state index contributed by atoms with van der Waals surface area (Å²) in [5, 5.41) is 1.77. The van der Waals surface area contributed by atoms with Crippen molar-refractivity contribution >= 4 is 40.5 Å². The van der Waals surface area contributed by atoms with Gasteiger partial charge in [-0.05, 0) is 23.8 Å². The van der Waals surface area contributed by atoms with Gasteiger partial charge >= 0.3 is 11.7 Å². The number of H-pyrrole nitrogens is 1. The van der Waals surface area contributed by atoms with Gasteiger partial charge < -0.3 is 15.4 Å². The van der Waals surface area contributed by atoms with E-state index in [1.807, 2.05) is 20.8 Å². The van der Waals surface area contributed by atoms with Crippen molar-refractivity contribution in [2.24, 2.45) is 5.92 Å². The van der Waals surface area contributed by atoms with Crippen LogP contribution in [0.25, 0.3) is 0 Å². The summed E-state index contributed by atoms with van der Waals surface area (Å²) in [6.45, 7) is 5.45. The second-order valence-corrected chi connectivity index (χ2v) is 8.91. The lowest BCUT2D eigenvalue weighted by molar-refractivity contribution is -0.147. The highest BCUT2D eigenvalue weighted by Gasteiger charge is 2.26. The van der Waals surface area contributed by atoms with Crippen molar-refractivity contribution in [3.05, 3.63) is 43.2 Å². The van der Waals surface area contributed by atoms with Gasteiger partial charge in [0.1, 0.15) is 5.82 Å². The zero-order valence-electron chi connectivity index (χ0n) is 19.1. The van der Waals surface area contributed by atoms with Crippen molar-refractivity contribution in [3.63, 3.8) is 0 Å². The Balaban J connectivity index is 2.14. The number of aromatic nitrogens is 2.